The van der Waals surface area contributed by atoms with Crippen LogP contribution in [-0.4, -0.2) is 67.8 Å². The van der Waals surface area contributed by atoms with Crippen molar-refractivity contribution in [1.82, 2.24) is 9.80 Å². The number of ether oxygens (including phenoxy) is 1. The highest BCUT2D eigenvalue weighted by atomic mass is 16.5. The van der Waals surface area contributed by atoms with Crippen LogP contribution in [-0.2, 0) is 4.74 Å². The lowest BCUT2D eigenvalue weighted by Crippen LogP contribution is -2.62. The van der Waals surface area contributed by atoms with Crippen molar-refractivity contribution < 1.29 is 4.74 Å². The molecule has 1 rings (SSSR count). The van der Waals surface area contributed by atoms with Crippen LogP contribution in [0.15, 0.2) is 0 Å². The van der Waals surface area contributed by atoms with Gasteiger partial charge in [-0.15, -0.1) is 0 Å². The molecule has 0 aromatic heterocycles. The topological polar surface area (TPSA) is 41.7 Å². The predicted molar refractivity (Wildman–Crippen MR) is 86.0 cm³/mol. The van der Waals surface area contributed by atoms with Gasteiger partial charge in [0.2, 0.25) is 0 Å². The van der Waals surface area contributed by atoms with Crippen molar-refractivity contribution in [3.8, 4) is 0 Å². The van der Waals surface area contributed by atoms with Crippen molar-refractivity contribution in [2.45, 2.75) is 51.7 Å². The van der Waals surface area contributed by atoms with Gasteiger partial charge in [0.05, 0.1) is 5.60 Å². The summed E-state index contributed by atoms with van der Waals surface area (Å²) in [5.41, 5.74) is 6.27. The summed E-state index contributed by atoms with van der Waals surface area (Å²) in [6.07, 6.45) is 2.07. The second kappa shape index (κ2) is 7.21. The third kappa shape index (κ3) is 4.99. The normalized spacial score (nSPS) is 26.7. The highest BCUT2D eigenvalue weighted by Crippen LogP contribution is 2.36. The highest BCUT2D eigenvalue weighted by molar-refractivity contribution is 4.99. The zero-order chi connectivity index (χ0) is 15.4. The van der Waals surface area contributed by atoms with E-state index in [-0.39, 0.29) is 11.1 Å². The van der Waals surface area contributed by atoms with Crippen LogP contribution in [0.4, 0.5) is 0 Å². The van der Waals surface area contributed by atoms with Gasteiger partial charge in [0.25, 0.3) is 0 Å². The van der Waals surface area contributed by atoms with E-state index in [1.165, 1.54) is 0 Å². The van der Waals surface area contributed by atoms with Crippen molar-refractivity contribution >= 4 is 0 Å². The summed E-state index contributed by atoms with van der Waals surface area (Å²) in [4.78, 5) is 4.88. The SMILES string of the molecule is CC(C)CN(CCN(C)C)C1(CN)CCOC(C)(C)C1. The van der Waals surface area contributed by atoms with Gasteiger partial charge in [-0.25, -0.2) is 0 Å². The predicted octanol–water partition coefficient (Wildman–Crippen LogP) is 1.79. The lowest BCUT2D eigenvalue weighted by Gasteiger charge is -2.51. The van der Waals surface area contributed by atoms with Gasteiger partial charge in [0.15, 0.2) is 0 Å². The molecule has 0 amide bonds. The number of hydrogen-bond acceptors (Lipinski definition) is 4. The van der Waals surface area contributed by atoms with Gasteiger partial charge in [-0.1, -0.05) is 13.8 Å². The van der Waals surface area contributed by atoms with E-state index in [0.29, 0.717) is 5.92 Å². The first-order chi connectivity index (χ1) is 9.21. The molecule has 1 saturated heterocycles. The Bertz CT molecular complexity index is 291. The van der Waals surface area contributed by atoms with E-state index in [9.17, 15) is 0 Å². The minimum atomic E-state index is -0.0645. The number of hydrogen-bond donors (Lipinski definition) is 1. The molecule has 0 aromatic carbocycles. The Morgan fingerprint density at radius 2 is 1.85 bits per heavy atom. The molecule has 4 heteroatoms. The molecular formula is C16H35N3O. The Morgan fingerprint density at radius 1 is 1.20 bits per heavy atom. The highest BCUT2D eigenvalue weighted by Gasteiger charge is 2.43. The van der Waals surface area contributed by atoms with Gasteiger partial charge in [0, 0.05) is 38.3 Å². The first-order valence-corrected chi connectivity index (χ1v) is 7.94. The van der Waals surface area contributed by atoms with Gasteiger partial charge < -0.3 is 15.4 Å². The Hall–Kier alpha value is -0.160. The van der Waals surface area contributed by atoms with E-state index in [4.69, 9.17) is 10.5 Å². The maximum atomic E-state index is 6.23. The summed E-state index contributed by atoms with van der Waals surface area (Å²) in [5.74, 6) is 0.659. The Balaban J connectivity index is 2.87. The molecule has 0 bridgehead atoms. The number of likely N-dealkylation sites (N-methyl/N-ethyl adjacent to an activating group) is 1. The van der Waals surface area contributed by atoms with Crippen molar-refractivity contribution in [3.63, 3.8) is 0 Å². The Morgan fingerprint density at radius 3 is 2.30 bits per heavy atom. The largest absolute Gasteiger partial charge is 0.375 e. The van der Waals surface area contributed by atoms with Crippen molar-refractivity contribution in [1.29, 1.82) is 0 Å². The standard InChI is InChI=1S/C16H35N3O/c1-14(2)11-19(9-8-18(5)6)16(13-17)7-10-20-15(3,4)12-16/h14H,7-13,17H2,1-6H3. The van der Waals surface area contributed by atoms with Gasteiger partial charge in [0.1, 0.15) is 0 Å². The van der Waals surface area contributed by atoms with E-state index >= 15 is 0 Å². The molecule has 0 saturated carbocycles. The molecule has 1 unspecified atom stereocenters. The van der Waals surface area contributed by atoms with Crippen molar-refractivity contribution in [2.24, 2.45) is 11.7 Å². The lowest BCUT2D eigenvalue weighted by atomic mass is 9.79. The summed E-state index contributed by atoms with van der Waals surface area (Å²) in [6.45, 7) is 13.8. The molecule has 1 aliphatic heterocycles. The van der Waals surface area contributed by atoms with Gasteiger partial charge in [-0.3, -0.25) is 4.90 Å². The summed E-state index contributed by atoms with van der Waals surface area (Å²) < 4.78 is 5.91. The van der Waals surface area contributed by atoms with E-state index in [0.717, 1.165) is 45.6 Å². The van der Waals surface area contributed by atoms with Gasteiger partial charge in [-0.05, 0) is 46.7 Å². The smallest absolute Gasteiger partial charge is 0.0644 e. The van der Waals surface area contributed by atoms with Crippen molar-refractivity contribution in [3.05, 3.63) is 0 Å². The molecular weight excluding hydrogens is 250 g/mol. The van der Waals surface area contributed by atoms with Crippen molar-refractivity contribution in [2.75, 3.05) is 46.9 Å². The zero-order valence-corrected chi connectivity index (χ0v) is 14.4. The molecule has 1 atom stereocenters. The second-order valence-corrected chi connectivity index (χ2v) is 7.61. The second-order valence-electron chi connectivity index (χ2n) is 7.61. The van der Waals surface area contributed by atoms with E-state index in [1.54, 1.807) is 0 Å². The fourth-order valence-corrected chi connectivity index (χ4v) is 3.31. The molecule has 1 heterocycles. The minimum Gasteiger partial charge on any atom is -0.375 e. The van der Waals surface area contributed by atoms with E-state index in [1.807, 2.05) is 0 Å². The van der Waals surface area contributed by atoms with Crippen LogP contribution in [0.5, 0.6) is 0 Å². The Kier molecular flexibility index (Phi) is 6.45. The summed E-state index contributed by atoms with van der Waals surface area (Å²) >= 11 is 0. The molecule has 1 aliphatic rings. The number of nitrogens with two attached hydrogens (primary N) is 1. The first kappa shape index (κ1) is 17.9. The molecule has 120 valence electrons. The third-order valence-electron chi connectivity index (χ3n) is 4.27. The lowest BCUT2D eigenvalue weighted by molar-refractivity contribution is -0.120. The maximum Gasteiger partial charge on any atom is 0.0644 e. The third-order valence-corrected chi connectivity index (χ3v) is 4.27. The quantitative estimate of drug-likeness (QED) is 0.774. The molecule has 0 radical (unpaired) electrons. The van der Waals surface area contributed by atoms with Gasteiger partial charge in [-0.2, -0.15) is 0 Å². The molecule has 0 spiro atoms. The molecule has 0 aliphatic carbocycles. The monoisotopic (exact) mass is 285 g/mol. The number of rotatable bonds is 7. The molecule has 20 heavy (non-hydrogen) atoms. The Labute approximate surface area is 125 Å². The van der Waals surface area contributed by atoms with Crippen LogP contribution in [0.1, 0.15) is 40.5 Å². The summed E-state index contributed by atoms with van der Waals surface area (Å²) in [7, 11) is 4.27. The van der Waals surface area contributed by atoms with Crippen LogP contribution in [0, 0.1) is 5.92 Å². The zero-order valence-electron chi connectivity index (χ0n) is 14.4. The summed E-state index contributed by atoms with van der Waals surface area (Å²) in [5, 5.41) is 0. The van der Waals surface area contributed by atoms with Crippen LogP contribution < -0.4 is 5.73 Å². The first-order valence-electron chi connectivity index (χ1n) is 7.94. The van der Waals surface area contributed by atoms with Crippen LogP contribution >= 0.6 is 0 Å². The van der Waals surface area contributed by atoms with E-state index in [2.05, 4.69) is 51.6 Å². The fraction of sp³-hybridized carbons (Fsp3) is 1.00. The minimum absolute atomic E-state index is 0.0645. The molecule has 1 fully saturated rings. The molecule has 0 aromatic rings. The fourth-order valence-electron chi connectivity index (χ4n) is 3.31. The van der Waals surface area contributed by atoms with Crippen LogP contribution in [0.3, 0.4) is 0 Å². The summed E-state index contributed by atoms with van der Waals surface area (Å²) in [6, 6.07) is 0. The molecule has 4 nitrogen and oxygen atoms in total. The molecule has 2 N–H and O–H groups in total. The number of nitrogens with zero attached hydrogens (tertiary/aromatic N) is 2. The average molecular weight is 285 g/mol. The van der Waals surface area contributed by atoms with E-state index < -0.39 is 0 Å². The van der Waals surface area contributed by atoms with Crippen LogP contribution in [0.25, 0.3) is 0 Å². The average Bonchev–Trinajstić information content (AvgIpc) is 2.32. The van der Waals surface area contributed by atoms with Gasteiger partial charge >= 0.3 is 0 Å². The maximum absolute atomic E-state index is 6.23. The van der Waals surface area contributed by atoms with Crippen LogP contribution in [0.2, 0.25) is 0 Å².